The summed E-state index contributed by atoms with van der Waals surface area (Å²) in [6, 6.07) is 0. The molecule has 0 radical (unpaired) electrons. The molecule has 0 rings (SSSR count). The van der Waals surface area contributed by atoms with Gasteiger partial charge in [-0.15, -0.1) is 0 Å². The number of carbonyl (C=O) groups is 1. The van der Waals surface area contributed by atoms with Gasteiger partial charge in [0, 0.05) is 0 Å². The lowest BCUT2D eigenvalue weighted by Crippen LogP contribution is -2.20. The highest BCUT2D eigenvalue weighted by Crippen LogP contribution is 2.15. The second-order valence-electron chi connectivity index (χ2n) is 1.60. The van der Waals surface area contributed by atoms with E-state index >= 15 is 0 Å². The molecule has 64 valence electrons. The van der Waals surface area contributed by atoms with Gasteiger partial charge in [-0.1, -0.05) is 6.58 Å². The smallest absolute Gasteiger partial charge is 0.422 e. The Morgan fingerprint density at radius 3 is 2.18 bits per heavy atom. The molecule has 6 heteroatoms. The molecular formula is C5H4F4O2. The quantitative estimate of drug-likeness (QED) is 0.359. The van der Waals surface area contributed by atoms with E-state index in [4.69, 9.17) is 0 Å². The third kappa shape index (κ3) is 5.38. The van der Waals surface area contributed by atoms with Crippen LogP contribution < -0.4 is 0 Å². The molecule has 0 N–H and O–H groups in total. The number of ether oxygens (including phenoxy) is 1. The number of halogens is 4. The number of hydrogen-bond donors (Lipinski definition) is 0. The second-order valence-corrected chi connectivity index (χ2v) is 1.60. The predicted molar refractivity (Wildman–Crippen MR) is 27.3 cm³/mol. The van der Waals surface area contributed by atoms with E-state index in [9.17, 15) is 22.4 Å². The van der Waals surface area contributed by atoms with E-state index in [0.29, 0.717) is 0 Å². The normalized spacial score (nSPS) is 10.9. The molecule has 0 spiro atoms. The van der Waals surface area contributed by atoms with E-state index in [-0.39, 0.29) is 0 Å². The fraction of sp³-hybridized carbons (Fsp3) is 0.400. The number of alkyl halides is 3. The van der Waals surface area contributed by atoms with Gasteiger partial charge >= 0.3 is 12.1 Å². The van der Waals surface area contributed by atoms with Gasteiger partial charge in [-0.3, -0.25) is 0 Å². The number of carbonyl (C=O) groups excluding carboxylic acids is 1. The molecule has 0 aliphatic rings. The maximum atomic E-state index is 11.6. The van der Waals surface area contributed by atoms with Crippen LogP contribution in [0.25, 0.3) is 0 Å². The van der Waals surface area contributed by atoms with Gasteiger partial charge in [-0.2, -0.15) is 17.6 Å². The van der Waals surface area contributed by atoms with Crippen LogP contribution in [0.3, 0.4) is 0 Å². The van der Waals surface area contributed by atoms with Crippen molar-refractivity contribution in [3.8, 4) is 0 Å². The van der Waals surface area contributed by atoms with Crippen LogP contribution in [0.2, 0.25) is 0 Å². The zero-order valence-corrected chi connectivity index (χ0v) is 5.24. The fourth-order valence-corrected chi connectivity index (χ4v) is 0.226. The zero-order chi connectivity index (χ0) is 9.07. The van der Waals surface area contributed by atoms with Crippen LogP contribution in [0.15, 0.2) is 12.4 Å². The molecule has 0 unspecified atom stereocenters. The third-order valence-corrected chi connectivity index (χ3v) is 0.588. The molecule has 2 nitrogen and oxygen atoms in total. The minimum Gasteiger partial charge on any atom is -0.451 e. The highest BCUT2D eigenvalue weighted by Gasteiger charge is 2.29. The summed E-state index contributed by atoms with van der Waals surface area (Å²) in [4.78, 5) is 9.99. The van der Waals surface area contributed by atoms with Crippen molar-refractivity contribution < 1.29 is 27.1 Å². The average Bonchev–Trinajstić information content (AvgIpc) is 1.80. The Labute approximate surface area is 59.4 Å². The van der Waals surface area contributed by atoms with Gasteiger partial charge in [-0.25, -0.2) is 4.79 Å². The van der Waals surface area contributed by atoms with Gasteiger partial charge in [0.25, 0.3) is 0 Å². The molecule has 0 bridgehead atoms. The van der Waals surface area contributed by atoms with Crippen molar-refractivity contribution in [3.63, 3.8) is 0 Å². The van der Waals surface area contributed by atoms with Gasteiger partial charge in [-0.05, 0) is 0 Å². The van der Waals surface area contributed by atoms with Gasteiger partial charge in [0.15, 0.2) is 6.61 Å². The minimum absolute atomic E-state index is 1.55. The Balaban J connectivity index is 3.73. The first-order valence-electron chi connectivity index (χ1n) is 2.41. The van der Waals surface area contributed by atoms with Crippen LogP contribution in [0.5, 0.6) is 0 Å². The first-order valence-corrected chi connectivity index (χ1v) is 2.41. The lowest BCUT2D eigenvalue weighted by molar-refractivity contribution is -0.184. The highest BCUT2D eigenvalue weighted by atomic mass is 19.4. The summed E-state index contributed by atoms with van der Waals surface area (Å²) in [5, 5.41) is 0. The summed E-state index contributed by atoms with van der Waals surface area (Å²) in [5.74, 6) is -3.24. The molecule has 0 saturated heterocycles. The van der Waals surface area contributed by atoms with E-state index in [1.54, 1.807) is 0 Å². The summed E-state index contributed by atoms with van der Waals surface area (Å²) in [7, 11) is 0. The maximum absolute atomic E-state index is 11.6. The molecule has 11 heavy (non-hydrogen) atoms. The largest absolute Gasteiger partial charge is 0.451 e. The van der Waals surface area contributed by atoms with Gasteiger partial charge < -0.3 is 4.74 Å². The van der Waals surface area contributed by atoms with Crippen molar-refractivity contribution in [3.05, 3.63) is 12.4 Å². The van der Waals surface area contributed by atoms with Crippen molar-refractivity contribution in [1.82, 2.24) is 0 Å². The summed E-state index contributed by atoms with van der Waals surface area (Å²) in [6.45, 7) is 0.650. The van der Waals surface area contributed by atoms with Crippen molar-refractivity contribution >= 4 is 5.97 Å². The van der Waals surface area contributed by atoms with Gasteiger partial charge in [0.1, 0.15) is 0 Å². The van der Waals surface area contributed by atoms with E-state index in [2.05, 4.69) is 11.3 Å². The molecule has 0 heterocycles. The number of rotatable bonds is 2. The van der Waals surface area contributed by atoms with E-state index < -0.39 is 24.6 Å². The Bertz CT molecular complexity index is 172. The molecule has 0 saturated carbocycles. The topological polar surface area (TPSA) is 26.3 Å². The lowest BCUT2D eigenvalue weighted by atomic mass is 10.6. The van der Waals surface area contributed by atoms with Crippen LogP contribution in [0.1, 0.15) is 0 Å². The SMILES string of the molecule is C=C(F)C(=O)OCC(F)(F)F. The summed E-state index contributed by atoms with van der Waals surface area (Å²) in [6.07, 6.45) is -4.63. The monoisotopic (exact) mass is 172 g/mol. The van der Waals surface area contributed by atoms with Gasteiger partial charge in [0.2, 0.25) is 5.83 Å². The van der Waals surface area contributed by atoms with E-state index in [1.165, 1.54) is 0 Å². The van der Waals surface area contributed by atoms with Crippen molar-refractivity contribution in [2.45, 2.75) is 6.18 Å². The first-order chi connectivity index (χ1) is 4.83. The molecule has 0 aromatic heterocycles. The predicted octanol–water partition coefficient (Wildman–Crippen LogP) is 1.58. The molecule has 0 aliphatic heterocycles. The summed E-state index contributed by atoms with van der Waals surface area (Å²) >= 11 is 0. The lowest BCUT2D eigenvalue weighted by Gasteiger charge is -2.05. The molecule has 0 aliphatic carbocycles. The Hall–Kier alpha value is -1.07. The average molecular weight is 172 g/mol. The highest BCUT2D eigenvalue weighted by molar-refractivity contribution is 5.85. The van der Waals surface area contributed by atoms with E-state index in [0.717, 1.165) is 0 Å². The Kier molecular flexibility index (Phi) is 3.03. The molecule has 0 amide bonds. The van der Waals surface area contributed by atoms with Crippen LogP contribution in [-0.4, -0.2) is 18.8 Å². The number of hydrogen-bond acceptors (Lipinski definition) is 2. The number of esters is 1. The Morgan fingerprint density at radius 1 is 1.45 bits per heavy atom. The Morgan fingerprint density at radius 2 is 1.91 bits per heavy atom. The third-order valence-electron chi connectivity index (χ3n) is 0.588. The van der Waals surface area contributed by atoms with Crippen molar-refractivity contribution in [1.29, 1.82) is 0 Å². The zero-order valence-electron chi connectivity index (χ0n) is 5.24. The van der Waals surface area contributed by atoms with Crippen LogP contribution in [0.4, 0.5) is 17.6 Å². The van der Waals surface area contributed by atoms with Crippen molar-refractivity contribution in [2.24, 2.45) is 0 Å². The van der Waals surface area contributed by atoms with Crippen molar-refractivity contribution in [2.75, 3.05) is 6.61 Å². The van der Waals surface area contributed by atoms with E-state index in [1.807, 2.05) is 0 Å². The minimum atomic E-state index is -4.63. The molecule has 0 atom stereocenters. The van der Waals surface area contributed by atoms with Crippen LogP contribution >= 0.6 is 0 Å². The molecule has 0 aromatic rings. The molecule has 0 fully saturated rings. The first kappa shape index (κ1) is 9.93. The molecular weight excluding hydrogens is 168 g/mol. The fourth-order valence-electron chi connectivity index (χ4n) is 0.226. The van der Waals surface area contributed by atoms with Crippen LogP contribution in [-0.2, 0) is 9.53 Å². The van der Waals surface area contributed by atoms with Crippen LogP contribution in [0, 0.1) is 0 Å². The summed E-state index contributed by atoms with van der Waals surface area (Å²) in [5.41, 5.74) is 0. The summed E-state index contributed by atoms with van der Waals surface area (Å²) < 4.78 is 48.8. The second kappa shape index (κ2) is 3.36. The van der Waals surface area contributed by atoms with Gasteiger partial charge in [0.05, 0.1) is 0 Å². The molecule has 0 aromatic carbocycles. The standard InChI is InChI=1S/C5H4F4O2/c1-3(6)4(10)11-2-5(7,8)9/h1-2H2. The maximum Gasteiger partial charge on any atom is 0.422 e.